The van der Waals surface area contributed by atoms with Crippen LogP contribution in [0.5, 0.6) is 0 Å². The monoisotopic (exact) mass is 291 g/mol. The van der Waals surface area contributed by atoms with Crippen LogP contribution in [0.1, 0.15) is 33.6 Å². The Kier molecular flexibility index (Phi) is 4.58. The fraction of sp³-hybridized carbons (Fsp3) is 0.545. The zero-order chi connectivity index (χ0) is 14.0. The fourth-order valence-electron chi connectivity index (χ4n) is 1.68. The Morgan fingerprint density at radius 2 is 2.11 bits per heavy atom. The molecule has 102 valence electrons. The van der Waals surface area contributed by atoms with Crippen LogP contribution in [0, 0.1) is 0 Å². The van der Waals surface area contributed by atoms with E-state index in [1.165, 1.54) is 12.3 Å². The zero-order valence-corrected chi connectivity index (χ0v) is 12.3. The van der Waals surface area contributed by atoms with Gasteiger partial charge in [0.05, 0.1) is 5.02 Å². The first kappa shape index (κ1) is 15.2. The lowest BCUT2D eigenvalue weighted by Gasteiger charge is -2.25. The Morgan fingerprint density at radius 3 is 2.61 bits per heavy atom. The summed E-state index contributed by atoms with van der Waals surface area (Å²) in [6.45, 7) is 5.67. The number of sulfonamides is 1. The second kappa shape index (κ2) is 5.42. The van der Waals surface area contributed by atoms with Gasteiger partial charge in [0, 0.05) is 11.7 Å². The Hall–Kier alpha value is -0.850. The van der Waals surface area contributed by atoms with Gasteiger partial charge in [0.2, 0.25) is 10.0 Å². The summed E-state index contributed by atoms with van der Waals surface area (Å²) in [6.07, 6.45) is 2.82. The van der Waals surface area contributed by atoms with Crippen molar-refractivity contribution in [1.82, 2.24) is 9.71 Å². The minimum Gasteiger partial charge on any atom is -0.382 e. The van der Waals surface area contributed by atoms with Crippen molar-refractivity contribution in [1.29, 1.82) is 0 Å². The van der Waals surface area contributed by atoms with E-state index >= 15 is 0 Å². The third-order valence-corrected chi connectivity index (χ3v) is 4.41. The van der Waals surface area contributed by atoms with E-state index < -0.39 is 15.6 Å². The van der Waals surface area contributed by atoms with Gasteiger partial charge in [-0.25, -0.2) is 18.1 Å². The predicted molar refractivity (Wildman–Crippen MR) is 73.0 cm³/mol. The van der Waals surface area contributed by atoms with E-state index in [2.05, 4.69) is 9.71 Å². The minimum absolute atomic E-state index is 0.0193. The molecule has 0 unspecified atom stereocenters. The van der Waals surface area contributed by atoms with Crippen LogP contribution in [0.15, 0.2) is 17.2 Å². The first-order valence-electron chi connectivity index (χ1n) is 5.63. The molecule has 0 bridgehead atoms. The first-order valence-corrected chi connectivity index (χ1v) is 7.49. The van der Waals surface area contributed by atoms with E-state index in [1.807, 2.05) is 20.8 Å². The number of nitrogens with zero attached hydrogens (tertiary/aromatic N) is 1. The van der Waals surface area contributed by atoms with Gasteiger partial charge in [-0.15, -0.1) is 0 Å². The number of nitrogen functional groups attached to an aromatic ring is 1. The summed E-state index contributed by atoms with van der Waals surface area (Å²) in [4.78, 5) is 3.77. The van der Waals surface area contributed by atoms with Gasteiger partial charge in [-0.3, -0.25) is 0 Å². The molecule has 18 heavy (non-hydrogen) atoms. The summed E-state index contributed by atoms with van der Waals surface area (Å²) in [6, 6.07) is 1.30. The number of nitrogens with two attached hydrogens (primary N) is 1. The summed E-state index contributed by atoms with van der Waals surface area (Å²) in [7, 11) is -3.63. The van der Waals surface area contributed by atoms with Crippen LogP contribution in [0.25, 0.3) is 0 Å². The maximum atomic E-state index is 12.1. The van der Waals surface area contributed by atoms with Crippen molar-refractivity contribution in [2.75, 3.05) is 5.73 Å². The lowest BCUT2D eigenvalue weighted by atomic mass is 10.0. The van der Waals surface area contributed by atoms with E-state index in [1.54, 1.807) is 0 Å². The molecule has 0 saturated heterocycles. The SMILES string of the molecule is CCCC(C)(C)NS(=O)(=O)c1cnc(N)c(Cl)c1. The first-order chi connectivity index (χ1) is 8.18. The fourth-order valence-corrected chi connectivity index (χ4v) is 3.32. The molecule has 0 aliphatic heterocycles. The summed E-state index contributed by atoms with van der Waals surface area (Å²) in [5, 5.41) is 0.131. The number of pyridine rings is 1. The van der Waals surface area contributed by atoms with Crippen LogP contribution in [-0.4, -0.2) is 18.9 Å². The Bertz CT molecular complexity index is 529. The Morgan fingerprint density at radius 1 is 1.50 bits per heavy atom. The molecular weight excluding hydrogens is 274 g/mol. The summed E-state index contributed by atoms with van der Waals surface area (Å²) in [5.74, 6) is 0.114. The third-order valence-electron chi connectivity index (χ3n) is 2.44. The maximum absolute atomic E-state index is 12.1. The van der Waals surface area contributed by atoms with Gasteiger partial charge in [-0.2, -0.15) is 0 Å². The lowest BCUT2D eigenvalue weighted by Crippen LogP contribution is -2.43. The van der Waals surface area contributed by atoms with Crippen molar-refractivity contribution in [2.45, 2.75) is 44.0 Å². The molecule has 5 nitrogen and oxygen atoms in total. The molecule has 0 saturated carbocycles. The van der Waals surface area contributed by atoms with Crippen LogP contribution >= 0.6 is 11.6 Å². The summed E-state index contributed by atoms with van der Waals surface area (Å²) >= 11 is 5.77. The molecular formula is C11H18ClN3O2S. The Balaban J connectivity index is 3.03. The molecule has 0 amide bonds. The second-order valence-corrected chi connectivity index (χ2v) is 6.87. The largest absolute Gasteiger partial charge is 0.382 e. The van der Waals surface area contributed by atoms with Crippen molar-refractivity contribution in [3.8, 4) is 0 Å². The molecule has 0 atom stereocenters. The quantitative estimate of drug-likeness (QED) is 0.871. The molecule has 1 aromatic rings. The molecule has 3 N–H and O–H groups in total. The van der Waals surface area contributed by atoms with Gasteiger partial charge in [0.1, 0.15) is 10.7 Å². The predicted octanol–water partition coefficient (Wildman–Crippen LogP) is 2.17. The van der Waals surface area contributed by atoms with Gasteiger partial charge in [-0.1, -0.05) is 24.9 Å². The van der Waals surface area contributed by atoms with Crippen LogP contribution in [0.4, 0.5) is 5.82 Å². The van der Waals surface area contributed by atoms with Crippen LogP contribution in [0.2, 0.25) is 5.02 Å². The molecule has 0 aliphatic carbocycles. The standard InChI is InChI=1S/C11H18ClN3O2S/c1-4-5-11(2,3)15-18(16,17)8-6-9(12)10(13)14-7-8/h6-7,15H,4-5H2,1-3H3,(H2,13,14). The van der Waals surface area contributed by atoms with Crippen molar-refractivity contribution >= 4 is 27.4 Å². The smallest absolute Gasteiger partial charge is 0.242 e. The lowest BCUT2D eigenvalue weighted by molar-refractivity contribution is 0.417. The highest BCUT2D eigenvalue weighted by Gasteiger charge is 2.26. The van der Waals surface area contributed by atoms with E-state index in [0.29, 0.717) is 0 Å². The average Bonchev–Trinajstić information content (AvgIpc) is 2.20. The number of halogens is 1. The number of aromatic nitrogens is 1. The molecule has 0 radical (unpaired) electrons. The van der Waals surface area contributed by atoms with Crippen LogP contribution in [0.3, 0.4) is 0 Å². The second-order valence-electron chi connectivity index (χ2n) is 4.78. The van der Waals surface area contributed by atoms with Gasteiger partial charge < -0.3 is 5.73 Å². The van der Waals surface area contributed by atoms with E-state index in [9.17, 15) is 8.42 Å². The van der Waals surface area contributed by atoms with Crippen molar-refractivity contribution < 1.29 is 8.42 Å². The third kappa shape index (κ3) is 3.83. The molecule has 1 aromatic heterocycles. The summed E-state index contributed by atoms with van der Waals surface area (Å²) in [5.41, 5.74) is 4.94. The highest BCUT2D eigenvalue weighted by Crippen LogP contribution is 2.22. The minimum atomic E-state index is -3.63. The van der Waals surface area contributed by atoms with Gasteiger partial charge in [0.25, 0.3) is 0 Å². The Labute approximate surface area is 113 Å². The number of hydrogen-bond acceptors (Lipinski definition) is 4. The summed E-state index contributed by atoms with van der Waals surface area (Å²) < 4.78 is 26.9. The van der Waals surface area contributed by atoms with Crippen LogP contribution < -0.4 is 10.5 Å². The van der Waals surface area contributed by atoms with Crippen molar-refractivity contribution in [3.63, 3.8) is 0 Å². The molecule has 0 aliphatic rings. The van der Waals surface area contributed by atoms with Crippen molar-refractivity contribution in [3.05, 3.63) is 17.3 Å². The molecule has 7 heteroatoms. The van der Waals surface area contributed by atoms with Crippen LogP contribution in [-0.2, 0) is 10.0 Å². The van der Waals surface area contributed by atoms with E-state index in [-0.39, 0.29) is 15.7 Å². The highest BCUT2D eigenvalue weighted by atomic mass is 35.5. The average molecular weight is 292 g/mol. The molecule has 1 rings (SSSR count). The topological polar surface area (TPSA) is 85.1 Å². The number of hydrogen-bond donors (Lipinski definition) is 2. The van der Waals surface area contributed by atoms with E-state index in [0.717, 1.165) is 12.8 Å². The number of anilines is 1. The molecule has 0 spiro atoms. The highest BCUT2D eigenvalue weighted by molar-refractivity contribution is 7.89. The normalized spacial score (nSPS) is 12.7. The number of nitrogens with one attached hydrogen (secondary N) is 1. The zero-order valence-electron chi connectivity index (χ0n) is 10.7. The number of rotatable bonds is 5. The maximum Gasteiger partial charge on any atom is 0.242 e. The molecule has 1 heterocycles. The van der Waals surface area contributed by atoms with Gasteiger partial charge in [-0.05, 0) is 26.3 Å². The molecule has 0 fully saturated rings. The van der Waals surface area contributed by atoms with Crippen molar-refractivity contribution in [2.24, 2.45) is 0 Å². The molecule has 0 aromatic carbocycles. The van der Waals surface area contributed by atoms with Gasteiger partial charge in [0.15, 0.2) is 0 Å². The van der Waals surface area contributed by atoms with Gasteiger partial charge >= 0.3 is 0 Å². The van der Waals surface area contributed by atoms with E-state index in [4.69, 9.17) is 17.3 Å².